The Hall–Kier alpha value is -1.69. The van der Waals surface area contributed by atoms with E-state index >= 15 is 0 Å². The minimum absolute atomic E-state index is 0.0527. The highest BCUT2D eigenvalue weighted by Crippen LogP contribution is 2.32. The first-order chi connectivity index (χ1) is 11.9. The van der Waals surface area contributed by atoms with Crippen molar-refractivity contribution in [3.05, 3.63) is 16.8 Å². The number of nitrogens with zero attached hydrogens (tertiary/aromatic N) is 2. The number of aryl methyl sites for hydroxylation is 1. The predicted octanol–water partition coefficient (Wildman–Crippen LogP) is 4.06. The molecule has 1 atom stereocenters. The first-order valence-electron chi connectivity index (χ1n) is 9.25. The number of aromatic nitrogens is 2. The summed E-state index contributed by atoms with van der Waals surface area (Å²) in [7, 11) is 0. The zero-order chi connectivity index (χ0) is 18.0. The molecule has 136 valence electrons. The molecule has 1 fully saturated rings. The molecular formula is C19H28N4OS. The average molecular weight is 361 g/mol. The summed E-state index contributed by atoms with van der Waals surface area (Å²) < 4.78 is 0. The summed E-state index contributed by atoms with van der Waals surface area (Å²) in [5, 5.41) is 9.75. The number of nitrogens with one attached hydrogen (secondary N) is 2. The van der Waals surface area contributed by atoms with E-state index in [1.54, 1.807) is 11.3 Å². The van der Waals surface area contributed by atoms with Gasteiger partial charge in [0.05, 0.1) is 5.39 Å². The van der Waals surface area contributed by atoms with Crippen molar-refractivity contribution in [2.75, 3.05) is 5.32 Å². The van der Waals surface area contributed by atoms with Gasteiger partial charge in [-0.15, -0.1) is 11.3 Å². The van der Waals surface area contributed by atoms with E-state index in [1.165, 1.54) is 18.4 Å². The van der Waals surface area contributed by atoms with Gasteiger partial charge in [-0.25, -0.2) is 9.97 Å². The van der Waals surface area contributed by atoms with Gasteiger partial charge in [-0.2, -0.15) is 0 Å². The Balaban J connectivity index is 1.81. The minimum Gasteiger partial charge on any atom is -0.358 e. The summed E-state index contributed by atoms with van der Waals surface area (Å²) in [6, 6.07) is 0.0199. The van der Waals surface area contributed by atoms with Crippen molar-refractivity contribution in [2.45, 2.75) is 71.9 Å². The third-order valence-electron chi connectivity index (χ3n) is 4.70. The standard InChI is InChI=1S/C19H28N4OS/c1-11(2)9-14-10-25-19-16(14)17(21-13(4)22-19)20-12(3)18(24)23-15-7-5-6-8-15/h10-12,15H,5-9H2,1-4H3,(H,23,24)(H,20,21,22)/t12-/m1/s1. The molecule has 1 saturated carbocycles. The zero-order valence-corrected chi connectivity index (χ0v) is 16.4. The fraction of sp³-hybridized carbons (Fsp3) is 0.632. The molecule has 6 heteroatoms. The molecule has 1 aliphatic rings. The lowest BCUT2D eigenvalue weighted by Gasteiger charge is -2.19. The van der Waals surface area contributed by atoms with Gasteiger partial charge in [0.25, 0.3) is 0 Å². The first kappa shape index (κ1) is 18.1. The largest absolute Gasteiger partial charge is 0.358 e. The predicted molar refractivity (Wildman–Crippen MR) is 104 cm³/mol. The van der Waals surface area contributed by atoms with E-state index in [9.17, 15) is 4.79 Å². The van der Waals surface area contributed by atoms with Crippen molar-refractivity contribution in [2.24, 2.45) is 5.92 Å². The lowest BCUT2D eigenvalue weighted by atomic mass is 10.0. The van der Waals surface area contributed by atoms with E-state index in [0.717, 1.165) is 41.1 Å². The minimum atomic E-state index is -0.315. The number of hydrogen-bond acceptors (Lipinski definition) is 5. The molecule has 0 spiro atoms. The van der Waals surface area contributed by atoms with Gasteiger partial charge in [0, 0.05) is 6.04 Å². The maximum absolute atomic E-state index is 12.5. The quantitative estimate of drug-likeness (QED) is 0.815. The third-order valence-corrected chi connectivity index (χ3v) is 5.62. The van der Waals surface area contributed by atoms with Crippen LogP contribution in [-0.2, 0) is 11.2 Å². The van der Waals surface area contributed by atoms with Crippen molar-refractivity contribution in [3.63, 3.8) is 0 Å². The van der Waals surface area contributed by atoms with Crippen molar-refractivity contribution in [1.29, 1.82) is 0 Å². The molecule has 2 N–H and O–H groups in total. The lowest BCUT2D eigenvalue weighted by molar-refractivity contribution is -0.122. The molecule has 2 aromatic heterocycles. The maximum Gasteiger partial charge on any atom is 0.242 e. The van der Waals surface area contributed by atoms with E-state index in [-0.39, 0.29) is 11.9 Å². The second-order valence-corrected chi connectivity index (χ2v) is 8.37. The topological polar surface area (TPSA) is 66.9 Å². The van der Waals surface area contributed by atoms with Gasteiger partial charge in [0.1, 0.15) is 22.5 Å². The Kier molecular flexibility index (Phi) is 5.57. The van der Waals surface area contributed by atoms with Crippen LogP contribution >= 0.6 is 11.3 Å². The van der Waals surface area contributed by atoms with Crippen molar-refractivity contribution in [3.8, 4) is 0 Å². The van der Waals surface area contributed by atoms with E-state index in [1.807, 2.05) is 13.8 Å². The van der Waals surface area contributed by atoms with Crippen LogP contribution in [0.4, 0.5) is 5.82 Å². The Morgan fingerprint density at radius 3 is 2.68 bits per heavy atom. The second kappa shape index (κ2) is 7.68. The Morgan fingerprint density at radius 1 is 1.28 bits per heavy atom. The van der Waals surface area contributed by atoms with E-state index < -0.39 is 0 Å². The van der Waals surface area contributed by atoms with Crippen LogP contribution in [0.15, 0.2) is 5.38 Å². The highest BCUT2D eigenvalue weighted by atomic mass is 32.1. The smallest absolute Gasteiger partial charge is 0.242 e. The van der Waals surface area contributed by atoms with Crippen LogP contribution < -0.4 is 10.6 Å². The summed E-state index contributed by atoms with van der Waals surface area (Å²) >= 11 is 1.65. The molecule has 0 radical (unpaired) electrons. The van der Waals surface area contributed by atoms with Crippen molar-refractivity contribution >= 4 is 33.3 Å². The molecule has 0 aromatic carbocycles. The molecule has 0 aliphatic heterocycles. The maximum atomic E-state index is 12.5. The Bertz CT molecular complexity index is 749. The third kappa shape index (κ3) is 4.29. The molecule has 0 unspecified atom stereocenters. The molecule has 2 heterocycles. The molecular weight excluding hydrogens is 332 g/mol. The number of anilines is 1. The monoisotopic (exact) mass is 360 g/mol. The lowest BCUT2D eigenvalue weighted by Crippen LogP contribution is -2.42. The summed E-state index contributed by atoms with van der Waals surface area (Å²) in [5.74, 6) is 2.14. The van der Waals surface area contributed by atoms with Gasteiger partial charge in [0.2, 0.25) is 5.91 Å². The first-order valence-corrected chi connectivity index (χ1v) is 10.1. The highest BCUT2D eigenvalue weighted by molar-refractivity contribution is 7.17. The average Bonchev–Trinajstić information content (AvgIpc) is 3.16. The van der Waals surface area contributed by atoms with Crippen LogP contribution in [0.2, 0.25) is 0 Å². The van der Waals surface area contributed by atoms with Crippen LogP contribution in [-0.4, -0.2) is 28.0 Å². The van der Waals surface area contributed by atoms with Crippen molar-refractivity contribution < 1.29 is 4.79 Å². The van der Waals surface area contributed by atoms with E-state index in [4.69, 9.17) is 0 Å². The van der Waals surface area contributed by atoms with Crippen LogP contribution in [0.3, 0.4) is 0 Å². The molecule has 1 amide bonds. The van der Waals surface area contributed by atoms with Crippen molar-refractivity contribution in [1.82, 2.24) is 15.3 Å². The highest BCUT2D eigenvalue weighted by Gasteiger charge is 2.22. The van der Waals surface area contributed by atoms with Gasteiger partial charge in [-0.3, -0.25) is 4.79 Å². The van der Waals surface area contributed by atoms with Crippen LogP contribution in [0.1, 0.15) is 57.8 Å². The molecule has 3 rings (SSSR count). The number of carbonyl (C=O) groups is 1. The number of hydrogen-bond donors (Lipinski definition) is 2. The molecule has 2 aromatic rings. The molecule has 1 aliphatic carbocycles. The summed E-state index contributed by atoms with van der Waals surface area (Å²) in [6.45, 7) is 8.23. The number of amides is 1. The normalized spacial score (nSPS) is 16.5. The Morgan fingerprint density at radius 2 is 2.00 bits per heavy atom. The van der Waals surface area contributed by atoms with Gasteiger partial charge < -0.3 is 10.6 Å². The number of rotatable bonds is 6. The molecule has 25 heavy (non-hydrogen) atoms. The van der Waals surface area contributed by atoms with E-state index in [0.29, 0.717) is 12.0 Å². The number of fused-ring (bicyclic) bond motifs is 1. The second-order valence-electron chi connectivity index (χ2n) is 7.51. The summed E-state index contributed by atoms with van der Waals surface area (Å²) in [6.07, 6.45) is 5.61. The number of carbonyl (C=O) groups excluding carboxylic acids is 1. The summed E-state index contributed by atoms with van der Waals surface area (Å²) in [5.41, 5.74) is 1.26. The van der Waals surface area contributed by atoms with Gasteiger partial charge in [-0.05, 0) is 50.0 Å². The molecule has 5 nitrogen and oxygen atoms in total. The van der Waals surface area contributed by atoms with Crippen LogP contribution in [0.25, 0.3) is 10.2 Å². The number of thiophene rings is 1. The molecule has 0 bridgehead atoms. The molecule has 0 saturated heterocycles. The van der Waals surface area contributed by atoms with Crippen LogP contribution in [0.5, 0.6) is 0 Å². The zero-order valence-electron chi connectivity index (χ0n) is 15.6. The van der Waals surface area contributed by atoms with E-state index in [2.05, 4.69) is 39.8 Å². The fourth-order valence-corrected chi connectivity index (χ4v) is 4.47. The Labute approximate surface area is 153 Å². The fourth-order valence-electron chi connectivity index (χ4n) is 3.47. The summed E-state index contributed by atoms with van der Waals surface area (Å²) in [4.78, 5) is 22.7. The van der Waals surface area contributed by atoms with Crippen LogP contribution in [0, 0.1) is 12.8 Å². The van der Waals surface area contributed by atoms with Gasteiger partial charge in [-0.1, -0.05) is 26.7 Å². The van der Waals surface area contributed by atoms with Gasteiger partial charge >= 0.3 is 0 Å². The SMILES string of the molecule is Cc1nc(N[C@H](C)C(=O)NC2CCCC2)c2c(CC(C)C)csc2n1. The van der Waals surface area contributed by atoms with Gasteiger partial charge in [0.15, 0.2) is 0 Å².